The molecule has 1 saturated heterocycles. The van der Waals surface area contributed by atoms with Gasteiger partial charge in [0.1, 0.15) is 5.70 Å². The van der Waals surface area contributed by atoms with Crippen LogP contribution in [0.4, 0.5) is 4.79 Å². The van der Waals surface area contributed by atoms with Gasteiger partial charge in [-0.25, -0.2) is 4.79 Å². The van der Waals surface area contributed by atoms with Crippen molar-refractivity contribution < 1.29 is 9.59 Å². The monoisotopic (exact) mass is 435 g/mol. The number of hydrogen-bond acceptors (Lipinski definition) is 2. The lowest BCUT2D eigenvalue weighted by atomic mass is 10.1. The Morgan fingerprint density at radius 3 is 2.43 bits per heavy atom. The molecule has 6 heteroatoms. The molecule has 0 saturated carbocycles. The van der Waals surface area contributed by atoms with Gasteiger partial charge >= 0.3 is 6.03 Å². The molecule has 0 atom stereocenters. The second-order valence-corrected chi connectivity index (χ2v) is 7.56. The highest BCUT2D eigenvalue weighted by Crippen LogP contribution is 2.21. The zero-order valence-corrected chi connectivity index (χ0v) is 16.8. The van der Waals surface area contributed by atoms with E-state index in [4.69, 9.17) is 0 Å². The van der Waals surface area contributed by atoms with Gasteiger partial charge in [-0.1, -0.05) is 45.8 Å². The van der Waals surface area contributed by atoms with Crippen LogP contribution >= 0.6 is 15.9 Å². The average Bonchev–Trinajstić information content (AvgIpc) is 3.24. The van der Waals surface area contributed by atoms with Crippen LogP contribution in [-0.4, -0.2) is 21.4 Å². The SMILES string of the molecule is Cc1ccc(CN2C(=O)NC(=Cc3cccn3-c3ccc(Br)cc3)C2=O)cc1. The quantitative estimate of drug-likeness (QED) is 0.479. The molecule has 1 aliphatic heterocycles. The molecule has 5 nitrogen and oxygen atoms in total. The van der Waals surface area contributed by atoms with Crippen molar-refractivity contribution in [3.63, 3.8) is 0 Å². The third kappa shape index (κ3) is 3.64. The smallest absolute Gasteiger partial charge is 0.317 e. The predicted molar refractivity (Wildman–Crippen MR) is 112 cm³/mol. The molecule has 2 aromatic carbocycles. The number of halogens is 1. The summed E-state index contributed by atoms with van der Waals surface area (Å²) in [5.41, 5.74) is 4.09. The summed E-state index contributed by atoms with van der Waals surface area (Å²) < 4.78 is 2.95. The number of hydrogen-bond donors (Lipinski definition) is 1. The van der Waals surface area contributed by atoms with E-state index in [9.17, 15) is 9.59 Å². The van der Waals surface area contributed by atoms with Crippen LogP contribution in [-0.2, 0) is 11.3 Å². The number of aromatic nitrogens is 1. The number of benzene rings is 2. The van der Waals surface area contributed by atoms with Gasteiger partial charge < -0.3 is 9.88 Å². The summed E-state index contributed by atoms with van der Waals surface area (Å²) >= 11 is 3.43. The minimum Gasteiger partial charge on any atom is -0.317 e. The van der Waals surface area contributed by atoms with Crippen molar-refractivity contribution in [1.82, 2.24) is 14.8 Å². The Morgan fingerprint density at radius 2 is 1.71 bits per heavy atom. The lowest BCUT2D eigenvalue weighted by molar-refractivity contribution is -0.123. The number of carbonyl (C=O) groups is 2. The number of urea groups is 1. The van der Waals surface area contributed by atoms with Crippen LogP contribution in [0.3, 0.4) is 0 Å². The predicted octanol–water partition coefficient (Wildman–Crippen LogP) is 4.64. The van der Waals surface area contributed by atoms with Gasteiger partial charge in [0.2, 0.25) is 0 Å². The lowest BCUT2D eigenvalue weighted by Crippen LogP contribution is -2.30. The van der Waals surface area contributed by atoms with Gasteiger partial charge in [-0.15, -0.1) is 0 Å². The molecule has 0 radical (unpaired) electrons. The minimum atomic E-state index is -0.404. The Bertz CT molecular complexity index is 1070. The van der Waals surface area contributed by atoms with Crippen molar-refractivity contribution in [2.75, 3.05) is 0 Å². The molecule has 1 N–H and O–H groups in total. The summed E-state index contributed by atoms with van der Waals surface area (Å²) in [5.74, 6) is -0.325. The topological polar surface area (TPSA) is 54.3 Å². The number of rotatable bonds is 4. The molecule has 1 aromatic heterocycles. The van der Waals surface area contributed by atoms with Gasteiger partial charge in [0.25, 0.3) is 5.91 Å². The zero-order valence-electron chi connectivity index (χ0n) is 15.2. The second-order valence-electron chi connectivity index (χ2n) is 6.64. The molecule has 3 aromatic rings. The molecule has 140 valence electrons. The highest BCUT2D eigenvalue weighted by molar-refractivity contribution is 9.10. The minimum absolute atomic E-state index is 0.246. The number of amides is 3. The molecule has 1 aliphatic rings. The largest absolute Gasteiger partial charge is 0.329 e. The summed E-state index contributed by atoms with van der Waals surface area (Å²) in [6, 6.07) is 19.1. The molecular formula is C22H18BrN3O2. The van der Waals surface area contributed by atoms with Crippen molar-refractivity contribution in [1.29, 1.82) is 0 Å². The van der Waals surface area contributed by atoms with Crippen LogP contribution in [0.2, 0.25) is 0 Å². The maximum Gasteiger partial charge on any atom is 0.329 e. The van der Waals surface area contributed by atoms with Gasteiger partial charge in [-0.2, -0.15) is 0 Å². The fourth-order valence-electron chi connectivity index (χ4n) is 3.09. The first-order valence-electron chi connectivity index (χ1n) is 8.85. The van der Waals surface area contributed by atoms with Crippen molar-refractivity contribution >= 4 is 33.9 Å². The number of carbonyl (C=O) groups excluding carboxylic acids is 2. The van der Waals surface area contributed by atoms with E-state index in [0.29, 0.717) is 0 Å². The van der Waals surface area contributed by atoms with E-state index in [0.717, 1.165) is 27.0 Å². The number of nitrogens with one attached hydrogen (secondary N) is 1. The van der Waals surface area contributed by atoms with Crippen molar-refractivity contribution in [2.24, 2.45) is 0 Å². The number of nitrogens with zero attached hydrogens (tertiary/aromatic N) is 2. The second kappa shape index (κ2) is 7.48. The summed E-state index contributed by atoms with van der Waals surface area (Å²) in [7, 11) is 0. The normalized spacial score (nSPS) is 15.4. The molecule has 0 bridgehead atoms. The van der Waals surface area contributed by atoms with Crippen LogP contribution in [0.25, 0.3) is 11.8 Å². The Kier molecular flexibility index (Phi) is 4.88. The van der Waals surface area contributed by atoms with Crippen molar-refractivity contribution in [3.05, 3.63) is 93.9 Å². The Labute approximate surface area is 171 Å². The molecule has 0 spiro atoms. The summed E-state index contributed by atoms with van der Waals surface area (Å²) in [6.45, 7) is 2.24. The summed E-state index contributed by atoms with van der Waals surface area (Å²) in [4.78, 5) is 26.3. The van der Waals surface area contributed by atoms with Crippen molar-refractivity contribution in [2.45, 2.75) is 13.5 Å². The number of imide groups is 1. The van der Waals surface area contributed by atoms with E-state index in [1.807, 2.05) is 78.4 Å². The van der Waals surface area contributed by atoms with E-state index in [1.165, 1.54) is 4.90 Å². The Balaban J connectivity index is 1.59. The lowest BCUT2D eigenvalue weighted by Gasteiger charge is -2.12. The van der Waals surface area contributed by atoms with E-state index in [-0.39, 0.29) is 18.1 Å². The first-order chi connectivity index (χ1) is 13.5. The van der Waals surface area contributed by atoms with Crippen LogP contribution in [0, 0.1) is 6.92 Å². The van der Waals surface area contributed by atoms with Crippen LogP contribution in [0.5, 0.6) is 0 Å². The van der Waals surface area contributed by atoms with Gasteiger partial charge in [-0.05, 0) is 55.0 Å². The maximum absolute atomic E-state index is 12.8. The third-order valence-electron chi connectivity index (χ3n) is 4.60. The average molecular weight is 436 g/mol. The van der Waals surface area contributed by atoms with E-state index < -0.39 is 6.03 Å². The molecule has 0 aliphatic carbocycles. The van der Waals surface area contributed by atoms with Gasteiger partial charge in [0.15, 0.2) is 0 Å². The molecular weight excluding hydrogens is 418 g/mol. The molecule has 4 rings (SSSR count). The first-order valence-corrected chi connectivity index (χ1v) is 9.64. The van der Waals surface area contributed by atoms with E-state index >= 15 is 0 Å². The zero-order chi connectivity index (χ0) is 19.7. The van der Waals surface area contributed by atoms with Crippen LogP contribution < -0.4 is 5.32 Å². The fourth-order valence-corrected chi connectivity index (χ4v) is 3.35. The molecule has 2 heterocycles. The van der Waals surface area contributed by atoms with Gasteiger partial charge in [0, 0.05) is 22.1 Å². The standard InChI is InChI=1S/C22H18BrN3O2/c1-15-4-6-16(7-5-15)14-26-21(27)20(24-22(26)28)13-19-3-2-12-25(19)18-10-8-17(23)9-11-18/h2-13H,14H2,1H3,(H,24,28). The molecule has 28 heavy (non-hydrogen) atoms. The molecule has 3 amide bonds. The van der Waals surface area contributed by atoms with Gasteiger partial charge in [-0.3, -0.25) is 9.69 Å². The maximum atomic E-state index is 12.8. The van der Waals surface area contributed by atoms with Gasteiger partial charge in [0.05, 0.1) is 6.54 Å². The van der Waals surface area contributed by atoms with Crippen LogP contribution in [0.1, 0.15) is 16.8 Å². The summed E-state index contributed by atoms with van der Waals surface area (Å²) in [6.07, 6.45) is 3.62. The molecule has 0 unspecified atom stereocenters. The first kappa shape index (κ1) is 18.3. The molecule has 1 fully saturated rings. The van der Waals surface area contributed by atoms with E-state index in [2.05, 4.69) is 21.2 Å². The third-order valence-corrected chi connectivity index (χ3v) is 5.13. The van der Waals surface area contributed by atoms with Crippen molar-refractivity contribution in [3.8, 4) is 5.69 Å². The Morgan fingerprint density at radius 1 is 1.00 bits per heavy atom. The number of aryl methyl sites for hydroxylation is 1. The Hall–Kier alpha value is -3.12. The van der Waals surface area contributed by atoms with E-state index in [1.54, 1.807) is 6.08 Å². The highest BCUT2D eigenvalue weighted by atomic mass is 79.9. The highest BCUT2D eigenvalue weighted by Gasteiger charge is 2.33. The fraction of sp³-hybridized carbons (Fsp3) is 0.0909. The van der Waals surface area contributed by atoms with Crippen LogP contribution in [0.15, 0.2) is 77.0 Å². The summed E-state index contributed by atoms with van der Waals surface area (Å²) in [5, 5.41) is 2.69.